The number of aromatic nitrogens is 6. The summed E-state index contributed by atoms with van der Waals surface area (Å²) in [6, 6.07) is 13.8. The Kier molecular flexibility index (Phi) is 3.48. The van der Waals surface area contributed by atoms with Crippen molar-refractivity contribution in [3.05, 3.63) is 71.1 Å². The molecule has 0 saturated heterocycles. The fraction of sp³-hybridized carbons (Fsp3) is 0.100. The van der Waals surface area contributed by atoms with Gasteiger partial charge in [0, 0.05) is 5.56 Å². The molecule has 3 aromatic heterocycles. The van der Waals surface area contributed by atoms with E-state index >= 15 is 0 Å². The van der Waals surface area contributed by atoms with E-state index in [1.807, 2.05) is 39.4 Å². The second-order valence-electron chi connectivity index (χ2n) is 6.50. The van der Waals surface area contributed by atoms with Crippen molar-refractivity contribution in [2.75, 3.05) is 0 Å². The molecule has 0 N–H and O–H groups in total. The molecule has 2 aromatic carbocycles. The largest absolute Gasteiger partial charge is 0.264 e. The number of fused-ring (bicyclic) bond motifs is 3. The number of nitrogens with zero attached hydrogens (tertiary/aromatic N) is 6. The highest BCUT2D eigenvalue weighted by Gasteiger charge is 2.16. The lowest BCUT2D eigenvalue weighted by atomic mass is 10.1. The number of aryl methyl sites for hydroxylation is 2. The average molecular weight is 375 g/mol. The lowest BCUT2D eigenvalue weighted by Gasteiger charge is -2.06. The van der Waals surface area contributed by atoms with Crippen molar-refractivity contribution >= 4 is 28.3 Å². The Labute approximate surface area is 160 Å². The summed E-state index contributed by atoms with van der Waals surface area (Å²) in [5.74, 6) is 0.656. The van der Waals surface area contributed by atoms with Crippen molar-refractivity contribution in [3.8, 4) is 17.1 Å². The Morgan fingerprint density at radius 2 is 1.78 bits per heavy atom. The molecule has 0 aliphatic heterocycles. The van der Waals surface area contributed by atoms with Gasteiger partial charge in [-0.15, -0.1) is 10.2 Å². The Morgan fingerprint density at radius 3 is 2.59 bits per heavy atom. The molecular formula is C20H15ClN6. The van der Waals surface area contributed by atoms with Crippen LogP contribution in [0, 0.1) is 13.8 Å². The minimum atomic E-state index is 0.623. The highest BCUT2D eigenvalue weighted by Crippen LogP contribution is 2.28. The van der Waals surface area contributed by atoms with E-state index in [4.69, 9.17) is 11.6 Å². The molecule has 6 nitrogen and oxygen atoms in total. The third-order valence-corrected chi connectivity index (χ3v) is 5.16. The maximum Gasteiger partial charge on any atom is 0.175 e. The van der Waals surface area contributed by atoms with Crippen LogP contribution in [-0.2, 0) is 0 Å². The molecule has 5 rings (SSSR count). The number of benzene rings is 2. The molecule has 5 aromatic rings. The van der Waals surface area contributed by atoms with Gasteiger partial charge in [0.2, 0.25) is 0 Å². The summed E-state index contributed by atoms with van der Waals surface area (Å²) < 4.78 is 3.67. The Balaban J connectivity index is 1.73. The molecular weight excluding hydrogens is 360 g/mol. The predicted octanol–water partition coefficient (Wildman–Crippen LogP) is 4.40. The Morgan fingerprint density at radius 1 is 0.926 bits per heavy atom. The van der Waals surface area contributed by atoms with E-state index < -0.39 is 0 Å². The number of halogens is 1. The van der Waals surface area contributed by atoms with Gasteiger partial charge < -0.3 is 0 Å². The first kappa shape index (κ1) is 16.0. The number of hydrogen-bond acceptors (Lipinski definition) is 4. The van der Waals surface area contributed by atoms with Crippen molar-refractivity contribution < 1.29 is 0 Å². The predicted molar refractivity (Wildman–Crippen MR) is 105 cm³/mol. The van der Waals surface area contributed by atoms with Gasteiger partial charge in [-0.25, -0.2) is 9.67 Å². The molecule has 0 amide bonds. The average Bonchev–Trinajstić information content (AvgIpc) is 3.28. The molecule has 0 bridgehead atoms. The van der Waals surface area contributed by atoms with Gasteiger partial charge in [0.05, 0.1) is 22.3 Å². The molecule has 0 spiro atoms. The lowest BCUT2D eigenvalue weighted by Crippen LogP contribution is -2.00. The van der Waals surface area contributed by atoms with Gasteiger partial charge in [0.25, 0.3) is 0 Å². The van der Waals surface area contributed by atoms with E-state index in [9.17, 15) is 0 Å². The van der Waals surface area contributed by atoms with Crippen LogP contribution in [0.25, 0.3) is 33.8 Å². The van der Waals surface area contributed by atoms with Crippen LogP contribution < -0.4 is 0 Å². The zero-order valence-corrected chi connectivity index (χ0v) is 15.5. The van der Waals surface area contributed by atoms with E-state index in [-0.39, 0.29) is 0 Å². The summed E-state index contributed by atoms with van der Waals surface area (Å²) in [6.07, 6.45) is 3.49. The molecule has 0 atom stereocenters. The summed E-state index contributed by atoms with van der Waals surface area (Å²) in [4.78, 5) is 4.63. The number of hydrogen-bond donors (Lipinski definition) is 0. The Bertz CT molecular complexity index is 1320. The van der Waals surface area contributed by atoms with E-state index in [2.05, 4.69) is 46.3 Å². The summed E-state index contributed by atoms with van der Waals surface area (Å²) in [5, 5.41) is 14.7. The van der Waals surface area contributed by atoms with Crippen molar-refractivity contribution in [2.24, 2.45) is 0 Å². The van der Waals surface area contributed by atoms with Crippen molar-refractivity contribution in [2.45, 2.75) is 13.8 Å². The fourth-order valence-corrected chi connectivity index (χ4v) is 3.41. The van der Waals surface area contributed by atoms with Crippen LogP contribution in [0.4, 0.5) is 0 Å². The summed E-state index contributed by atoms with van der Waals surface area (Å²) in [5.41, 5.74) is 5.67. The smallest absolute Gasteiger partial charge is 0.175 e. The minimum Gasteiger partial charge on any atom is -0.264 e. The van der Waals surface area contributed by atoms with Crippen LogP contribution in [0.2, 0.25) is 5.02 Å². The van der Waals surface area contributed by atoms with E-state index in [1.54, 1.807) is 12.5 Å². The quantitative estimate of drug-likeness (QED) is 0.459. The molecule has 0 aliphatic rings. The Hall–Kier alpha value is -3.25. The SMILES string of the molecule is Cc1ccc(-n2ncc3c2ncn2c(-c4ccccc4Cl)nnc32)cc1C. The van der Waals surface area contributed by atoms with Crippen LogP contribution in [0.3, 0.4) is 0 Å². The molecule has 0 aliphatic carbocycles. The van der Waals surface area contributed by atoms with E-state index in [0.717, 1.165) is 22.3 Å². The van der Waals surface area contributed by atoms with Crippen molar-refractivity contribution in [3.63, 3.8) is 0 Å². The molecule has 0 saturated carbocycles. The van der Waals surface area contributed by atoms with E-state index in [0.29, 0.717) is 16.5 Å². The van der Waals surface area contributed by atoms with Crippen LogP contribution in [0.5, 0.6) is 0 Å². The van der Waals surface area contributed by atoms with Gasteiger partial charge >= 0.3 is 0 Å². The highest BCUT2D eigenvalue weighted by molar-refractivity contribution is 6.33. The van der Waals surface area contributed by atoms with Crippen LogP contribution in [0.15, 0.2) is 55.0 Å². The molecule has 0 unspecified atom stereocenters. The minimum absolute atomic E-state index is 0.623. The van der Waals surface area contributed by atoms with Gasteiger partial charge in [0.15, 0.2) is 17.1 Å². The van der Waals surface area contributed by atoms with Crippen molar-refractivity contribution in [1.29, 1.82) is 0 Å². The molecule has 0 fully saturated rings. The van der Waals surface area contributed by atoms with Gasteiger partial charge in [-0.05, 0) is 49.2 Å². The highest BCUT2D eigenvalue weighted by atomic mass is 35.5. The molecule has 0 radical (unpaired) electrons. The summed E-state index contributed by atoms with van der Waals surface area (Å²) >= 11 is 6.33. The van der Waals surface area contributed by atoms with Crippen LogP contribution >= 0.6 is 11.6 Å². The molecule has 7 heteroatoms. The van der Waals surface area contributed by atoms with Gasteiger partial charge in [-0.2, -0.15) is 5.10 Å². The fourth-order valence-electron chi connectivity index (χ4n) is 3.19. The van der Waals surface area contributed by atoms with Gasteiger partial charge in [0.1, 0.15) is 6.33 Å². The molecule has 3 heterocycles. The van der Waals surface area contributed by atoms with Crippen LogP contribution in [-0.4, -0.2) is 29.4 Å². The monoisotopic (exact) mass is 374 g/mol. The third kappa shape index (κ3) is 2.41. The maximum absolute atomic E-state index is 6.33. The zero-order valence-electron chi connectivity index (χ0n) is 14.8. The van der Waals surface area contributed by atoms with Crippen LogP contribution in [0.1, 0.15) is 11.1 Å². The number of rotatable bonds is 2. The normalized spacial score (nSPS) is 11.5. The summed E-state index contributed by atoms with van der Waals surface area (Å²) in [7, 11) is 0. The third-order valence-electron chi connectivity index (χ3n) is 4.83. The zero-order chi connectivity index (χ0) is 18.5. The lowest BCUT2D eigenvalue weighted by molar-refractivity contribution is 0.891. The summed E-state index contributed by atoms with van der Waals surface area (Å²) in [6.45, 7) is 4.18. The first-order valence-electron chi connectivity index (χ1n) is 8.53. The molecule has 132 valence electrons. The van der Waals surface area contributed by atoms with Gasteiger partial charge in [-0.1, -0.05) is 29.8 Å². The first-order chi connectivity index (χ1) is 13.1. The van der Waals surface area contributed by atoms with Crippen molar-refractivity contribution in [1.82, 2.24) is 29.4 Å². The second-order valence-corrected chi connectivity index (χ2v) is 6.91. The maximum atomic E-state index is 6.33. The van der Waals surface area contributed by atoms with Gasteiger partial charge in [-0.3, -0.25) is 4.40 Å². The first-order valence-corrected chi connectivity index (χ1v) is 8.91. The van der Waals surface area contributed by atoms with E-state index in [1.165, 1.54) is 11.1 Å². The molecule has 27 heavy (non-hydrogen) atoms. The second kappa shape index (κ2) is 5.89. The topological polar surface area (TPSA) is 60.9 Å². The standard InChI is InChI=1S/C20H15ClN6/c1-12-7-8-14(9-13(12)2)27-18-16(10-23-27)20-25-24-19(26(20)11-22-18)15-5-3-4-6-17(15)21/h3-11H,1-2H3.